The van der Waals surface area contributed by atoms with Gasteiger partial charge in [0.2, 0.25) is 0 Å². The van der Waals surface area contributed by atoms with Gasteiger partial charge in [0.1, 0.15) is 17.3 Å². The average molecular weight is 402 g/mol. The van der Waals surface area contributed by atoms with Crippen LogP contribution in [0.25, 0.3) is 0 Å². The number of methoxy groups -OCH3 is 1. The highest BCUT2D eigenvalue weighted by Crippen LogP contribution is 2.28. The van der Waals surface area contributed by atoms with Crippen molar-refractivity contribution in [3.63, 3.8) is 0 Å². The Bertz CT molecular complexity index is 835. The van der Waals surface area contributed by atoms with Crippen molar-refractivity contribution < 1.29 is 28.2 Å². The first-order valence-corrected chi connectivity index (χ1v) is 9.26. The molecule has 1 aliphatic rings. The van der Waals surface area contributed by atoms with Crippen molar-refractivity contribution in [3.05, 3.63) is 54.3 Å². The minimum atomic E-state index is -0.657. The first kappa shape index (κ1) is 20.4. The van der Waals surface area contributed by atoms with Gasteiger partial charge in [-0.2, -0.15) is 0 Å². The zero-order chi connectivity index (χ0) is 20.6. The molecule has 0 aliphatic carbocycles. The second-order valence-electron chi connectivity index (χ2n) is 6.44. The van der Waals surface area contributed by atoms with Gasteiger partial charge in [-0.15, -0.1) is 0 Å². The summed E-state index contributed by atoms with van der Waals surface area (Å²) in [6.07, 6.45) is 0. The summed E-state index contributed by atoms with van der Waals surface area (Å²) in [4.78, 5) is 27.9. The van der Waals surface area contributed by atoms with E-state index in [4.69, 9.17) is 14.2 Å². The van der Waals surface area contributed by atoms with E-state index in [1.807, 2.05) is 24.3 Å². The van der Waals surface area contributed by atoms with Crippen LogP contribution in [-0.2, 0) is 14.3 Å². The topological polar surface area (TPSA) is 68.3 Å². The highest BCUT2D eigenvalue weighted by molar-refractivity contribution is 5.81. The minimum absolute atomic E-state index is 0.250. The van der Waals surface area contributed by atoms with Crippen LogP contribution in [0.4, 0.5) is 10.1 Å². The Hall–Kier alpha value is -3.29. The molecule has 0 N–H and O–H groups in total. The van der Waals surface area contributed by atoms with Crippen molar-refractivity contribution >= 4 is 17.6 Å². The number of carbonyl (C=O) groups is 2. The Morgan fingerprint density at radius 2 is 1.66 bits per heavy atom. The minimum Gasteiger partial charge on any atom is -0.495 e. The SMILES string of the molecule is COc1ccccc1N1CCN(C(=O)COC(=O)COc2ccc(F)cc2)CC1. The number of ether oxygens (including phenoxy) is 3. The molecule has 0 saturated carbocycles. The monoisotopic (exact) mass is 402 g/mol. The third-order valence-electron chi connectivity index (χ3n) is 4.59. The number of anilines is 1. The summed E-state index contributed by atoms with van der Waals surface area (Å²) in [6, 6.07) is 13.0. The third kappa shape index (κ3) is 5.60. The summed E-state index contributed by atoms with van der Waals surface area (Å²) in [5.74, 6) is -0.157. The molecular formula is C21H23FN2O5. The smallest absolute Gasteiger partial charge is 0.344 e. The lowest BCUT2D eigenvalue weighted by Gasteiger charge is -2.36. The van der Waals surface area contributed by atoms with Crippen LogP contribution in [0, 0.1) is 5.82 Å². The normalized spacial score (nSPS) is 13.7. The predicted molar refractivity (Wildman–Crippen MR) is 105 cm³/mol. The van der Waals surface area contributed by atoms with E-state index in [-0.39, 0.29) is 19.1 Å². The Balaban J connectivity index is 1.40. The number of halogens is 1. The highest BCUT2D eigenvalue weighted by Gasteiger charge is 2.23. The lowest BCUT2D eigenvalue weighted by molar-refractivity contribution is -0.153. The number of piperazine rings is 1. The zero-order valence-electron chi connectivity index (χ0n) is 16.2. The summed E-state index contributed by atoms with van der Waals surface area (Å²) in [5.41, 5.74) is 0.992. The second kappa shape index (κ2) is 9.77. The summed E-state index contributed by atoms with van der Waals surface area (Å²) < 4.78 is 28.4. The average Bonchev–Trinajstić information content (AvgIpc) is 2.77. The van der Waals surface area contributed by atoms with Crippen LogP contribution >= 0.6 is 0 Å². The molecule has 0 spiro atoms. The maximum atomic E-state index is 12.8. The number of rotatable bonds is 7. The Morgan fingerprint density at radius 3 is 2.34 bits per heavy atom. The molecule has 7 nitrogen and oxygen atoms in total. The zero-order valence-corrected chi connectivity index (χ0v) is 16.2. The highest BCUT2D eigenvalue weighted by atomic mass is 19.1. The Morgan fingerprint density at radius 1 is 0.966 bits per heavy atom. The number of para-hydroxylation sites is 2. The van der Waals surface area contributed by atoms with Gasteiger partial charge in [0.05, 0.1) is 12.8 Å². The van der Waals surface area contributed by atoms with E-state index in [1.54, 1.807) is 12.0 Å². The molecule has 3 rings (SSSR count). The number of esters is 1. The fourth-order valence-corrected chi connectivity index (χ4v) is 3.04. The van der Waals surface area contributed by atoms with Gasteiger partial charge >= 0.3 is 5.97 Å². The molecule has 0 atom stereocenters. The molecule has 8 heteroatoms. The van der Waals surface area contributed by atoms with Crippen molar-refractivity contribution in [2.24, 2.45) is 0 Å². The van der Waals surface area contributed by atoms with Gasteiger partial charge in [-0.3, -0.25) is 4.79 Å². The van der Waals surface area contributed by atoms with E-state index in [9.17, 15) is 14.0 Å². The first-order chi connectivity index (χ1) is 14.1. The molecule has 154 valence electrons. The summed E-state index contributed by atoms with van der Waals surface area (Å²) >= 11 is 0. The molecule has 1 saturated heterocycles. The predicted octanol–water partition coefficient (Wildman–Crippen LogP) is 2.11. The van der Waals surface area contributed by atoms with Crippen molar-refractivity contribution in [2.75, 3.05) is 51.4 Å². The fourth-order valence-electron chi connectivity index (χ4n) is 3.04. The van der Waals surface area contributed by atoms with Gasteiger partial charge < -0.3 is 24.0 Å². The van der Waals surface area contributed by atoms with Gasteiger partial charge in [-0.1, -0.05) is 12.1 Å². The van der Waals surface area contributed by atoms with E-state index in [0.717, 1.165) is 11.4 Å². The van der Waals surface area contributed by atoms with E-state index in [2.05, 4.69) is 4.90 Å². The number of amides is 1. The van der Waals surface area contributed by atoms with Crippen molar-refractivity contribution in [3.8, 4) is 11.5 Å². The van der Waals surface area contributed by atoms with E-state index in [1.165, 1.54) is 24.3 Å². The molecule has 1 aliphatic heterocycles. The number of hydrogen-bond acceptors (Lipinski definition) is 6. The summed E-state index contributed by atoms with van der Waals surface area (Å²) in [6.45, 7) is 1.70. The number of hydrogen-bond donors (Lipinski definition) is 0. The number of nitrogens with zero attached hydrogens (tertiary/aromatic N) is 2. The van der Waals surface area contributed by atoms with Gasteiger partial charge in [0.15, 0.2) is 13.2 Å². The van der Waals surface area contributed by atoms with Gasteiger partial charge in [0.25, 0.3) is 5.91 Å². The van der Waals surface area contributed by atoms with Crippen LogP contribution < -0.4 is 14.4 Å². The van der Waals surface area contributed by atoms with E-state index < -0.39 is 11.8 Å². The maximum Gasteiger partial charge on any atom is 0.344 e. The largest absolute Gasteiger partial charge is 0.495 e. The molecule has 0 aromatic heterocycles. The van der Waals surface area contributed by atoms with Crippen LogP contribution in [0.2, 0.25) is 0 Å². The van der Waals surface area contributed by atoms with Crippen LogP contribution in [-0.4, -0.2) is 63.3 Å². The Labute approximate surface area is 168 Å². The quantitative estimate of drug-likeness (QED) is 0.661. The van der Waals surface area contributed by atoms with Gasteiger partial charge in [-0.05, 0) is 36.4 Å². The molecule has 2 aromatic rings. The van der Waals surface area contributed by atoms with Crippen LogP contribution in [0.3, 0.4) is 0 Å². The summed E-state index contributed by atoms with van der Waals surface area (Å²) in [7, 11) is 1.63. The molecule has 2 aromatic carbocycles. The lowest BCUT2D eigenvalue weighted by Crippen LogP contribution is -2.50. The third-order valence-corrected chi connectivity index (χ3v) is 4.59. The van der Waals surface area contributed by atoms with Crippen LogP contribution in [0.15, 0.2) is 48.5 Å². The van der Waals surface area contributed by atoms with Gasteiger partial charge in [-0.25, -0.2) is 9.18 Å². The lowest BCUT2D eigenvalue weighted by atomic mass is 10.2. The van der Waals surface area contributed by atoms with Gasteiger partial charge in [0, 0.05) is 26.2 Å². The number of benzene rings is 2. The number of carbonyl (C=O) groups excluding carboxylic acids is 2. The standard InChI is InChI=1S/C21H23FN2O5/c1-27-19-5-3-2-4-18(19)23-10-12-24(13-11-23)20(25)14-29-21(26)15-28-17-8-6-16(22)7-9-17/h2-9H,10-15H2,1H3. The molecule has 0 unspecified atom stereocenters. The fraction of sp³-hybridized carbons (Fsp3) is 0.333. The van der Waals surface area contributed by atoms with Crippen molar-refractivity contribution in [1.82, 2.24) is 4.90 Å². The van der Waals surface area contributed by atoms with Crippen molar-refractivity contribution in [1.29, 1.82) is 0 Å². The van der Waals surface area contributed by atoms with E-state index >= 15 is 0 Å². The summed E-state index contributed by atoms with van der Waals surface area (Å²) in [5, 5.41) is 0. The maximum absolute atomic E-state index is 12.8. The van der Waals surface area contributed by atoms with Crippen molar-refractivity contribution in [2.45, 2.75) is 0 Å². The van der Waals surface area contributed by atoms with Crippen LogP contribution in [0.5, 0.6) is 11.5 Å². The molecule has 29 heavy (non-hydrogen) atoms. The molecule has 0 bridgehead atoms. The first-order valence-electron chi connectivity index (χ1n) is 9.26. The Kier molecular flexibility index (Phi) is 6.89. The second-order valence-corrected chi connectivity index (χ2v) is 6.44. The molecule has 1 heterocycles. The molecular weight excluding hydrogens is 379 g/mol. The molecule has 0 radical (unpaired) electrons. The molecule has 1 amide bonds. The molecule has 1 fully saturated rings. The van der Waals surface area contributed by atoms with E-state index in [0.29, 0.717) is 31.9 Å². The van der Waals surface area contributed by atoms with Crippen LogP contribution in [0.1, 0.15) is 0 Å².